The van der Waals surface area contributed by atoms with E-state index in [9.17, 15) is 45.6 Å². The predicted octanol–water partition coefficient (Wildman–Crippen LogP) is 2.25. The van der Waals surface area contributed by atoms with Crippen LogP contribution in [0.4, 0.5) is 0 Å². The molecule has 7 aliphatic rings. The molecule has 0 unspecified atom stereocenters. The lowest BCUT2D eigenvalue weighted by molar-refractivity contribution is -0.367. The summed E-state index contributed by atoms with van der Waals surface area (Å²) < 4.78 is 30.4. The number of hydrogen-bond donors (Lipinski definition) is 8. The highest BCUT2D eigenvalue weighted by molar-refractivity contribution is 5.66. The minimum absolute atomic E-state index is 0.0112. The summed E-state index contributed by atoms with van der Waals surface area (Å²) in [5, 5.41) is 86.9. The van der Waals surface area contributed by atoms with Gasteiger partial charge >= 0.3 is 5.97 Å². The van der Waals surface area contributed by atoms with Crippen LogP contribution in [0.1, 0.15) is 107 Å². The van der Waals surface area contributed by atoms with E-state index in [1.165, 1.54) is 18.1 Å². The fraction of sp³-hybridized carbons (Fsp3) is 0.886. The van der Waals surface area contributed by atoms with E-state index in [1.54, 1.807) is 6.92 Å². The van der Waals surface area contributed by atoms with Crippen LogP contribution >= 0.6 is 0 Å². The number of esters is 1. The van der Waals surface area contributed by atoms with E-state index in [1.807, 2.05) is 6.92 Å². The first-order chi connectivity index (χ1) is 27.1. The molecular formula is C44H70O14. The summed E-state index contributed by atoms with van der Waals surface area (Å²) in [6.45, 7) is 15.5. The first kappa shape index (κ1) is 44.5. The second-order valence-corrected chi connectivity index (χ2v) is 20.9. The third-order valence-corrected chi connectivity index (χ3v) is 17.1. The molecule has 2 heterocycles. The lowest BCUT2D eigenvalue weighted by atomic mass is 9.35. The number of carbonyl (C=O) groups is 1. The molecule has 5 aliphatic carbocycles. The minimum atomic E-state index is -1.77. The topological polar surface area (TPSA) is 225 Å². The van der Waals surface area contributed by atoms with Crippen molar-refractivity contribution >= 4 is 5.97 Å². The fourth-order valence-corrected chi connectivity index (χ4v) is 13.3. The second-order valence-electron chi connectivity index (χ2n) is 20.9. The molecule has 0 spiro atoms. The fourth-order valence-electron chi connectivity index (χ4n) is 13.3. The largest absolute Gasteiger partial charge is 0.454 e. The molecule has 0 bridgehead atoms. The molecule has 2 aliphatic heterocycles. The zero-order chi connectivity index (χ0) is 42.5. The SMILES string of the molecule is CC(=O)O[C@H]1[C@H](O[C@H]2CC[C@@]3(C)[C@@H](CC[C@]4(C)[C@@H]3C=CC3=C5CC(C)(C)CC[C@]5(CO)[C@H](O)C[C@]34C)[C@]2(C)CO)O[C@H](C)[C@H](O)[C@@H]1O[C@@H]1O[C@H](CO)[C@@H](O)[C@H](O)[C@H]1O. The van der Waals surface area contributed by atoms with E-state index in [2.05, 4.69) is 46.8 Å². The van der Waals surface area contributed by atoms with E-state index < -0.39 is 97.0 Å². The maximum atomic E-state index is 12.6. The Balaban J connectivity index is 1.18. The molecule has 0 aromatic rings. The van der Waals surface area contributed by atoms with Gasteiger partial charge in [0.25, 0.3) is 0 Å². The van der Waals surface area contributed by atoms with Crippen LogP contribution in [0, 0.1) is 44.3 Å². The number of fused-ring (bicyclic) bond motifs is 6. The van der Waals surface area contributed by atoms with Crippen molar-refractivity contribution in [2.75, 3.05) is 19.8 Å². The first-order valence-electron chi connectivity index (χ1n) is 21.5. The smallest absolute Gasteiger partial charge is 0.303 e. The maximum absolute atomic E-state index is 12.6. The van der Waals surface area contributed by atoms with Crippen LogP contribution in [0.2, 0.25) is 0 Å². The van der Waals surface area contributed by atoms with E-state index in [0.717, 1.165) is 38.5 Å². The monoisotopic (exact) mass is 822 g/mol. The first-order valence-corrected chi connectivity index (χ1v) is 21.5. The van der Waals surface area contributed by atoms with Crippen molar-refractivity contribution in [2.24, 2.45) is 44.3 Å². The average Bonchev–Trinajstić information content (AvgIpc) is 3.16. The van der Waals surface area contributed by atoms with Crippen molar-refractivity contribution < 1.29 is 69.3 Å². The lowest BCUT2D eigenvalue weighted by Crippen LogP contribution is -2.67. The van der Waals surface area contributed by atoms with Gasteiger partial charge in [-0.1, -0.05) is 59.3 Å². The Morgan fingerprint density at radius 2 is 1.52 bits per heavy atom. The zero-order valence-corrected chi connectivity index (χ0v) is 35.5. The summed E-state index contributed by atoms with van der Waals surface area (Å²) in [4.78, 5) is 12.6. The number of carbonyl (C=O) groups excluding carboxylic acids is 1. The summed E-state index contributed by atoms with van der Waals surface area (Å²) in [5.41, 5.74) is 0.311. The Morgan fingerprint density at radius 1 is 0.810 bits per heavy atom. The highest BCUT2D eigenvalue weighted by Crippen LogP contribution is 2.74. The molecule has 2 saturated heterocycles. The Bertz CT molecular complexity index is 1620. The molecule has 0 aromatic heterocycles. The third-order valence-electron chi connectivity index (χ3n) is 17.1. The van der Waals surface area contributed by atoms with Gasteiger partial charge in [0, 0.05) is 23.2 Å². The number of allylic oxidation sites excluding steroid dienone is 3. The van der Waals surface area contributed by atoms with Gasteiger partial charge in [0.2, 0.25) is 0 Å². The van der Waals surface area contributed by atoms with Crippen molar-refractivity contribution in [2.45, 2.75) is 180 Å². The van der Waals surface area contributed by atoms with Crippen molar-refractivity contribution in [3.05, 3.63) is 23.3 Å². The Labute approximate surface area is 342 Å². The third kappa shape index (κ3) is 6.61. The van der Waals surface area contributed by atoms with Gasteiger partial charge in [0.05, 0.1) is 38.1 Å². The number of rotatable bonds is 8. The zero-order valence-electron chi connectivity index (χ0n) is 35.5. The summed E-state index contributed by atoms with van der Waals surface area (Å²) in [7, 11) is 0. The van der Waals surface area contributed by atoms with Crippen molar-refractivity contribution in [3.63, 3.8) is 0 Å². The Hall–Kier alpha value is -1.53. The number of hydrogen-bond acceptors (Lipinski definition) is 14. The molecule has 3 saturated carbocycles. The van der Waals surface area contributed by atoms with Gasteiger partial charge in [0.1, 0.15) is 36.6 Å². The van der Waals surface area contributed by atoms with Crippen molar-refractivity contribution in [1.29, 1.82) is 0 Å². The van der Waals surface area contributed by atoms with Crippen LogP contribution in [-0.2, 0) is 28.5 Å². The van der Waals surface area contributed by atoms with E-state index >= 15 is 0 Å². The molecular weight excluding hydrogens is 752 g/mol. The molecule has 330 valence electrons. The van der Waals surface area contributed by atoms with Crippen molar-refractivity contribution in [1.82, 2.24) is 0 Å². The molecule has 14 nitrogen and oxygen atoms in total. The Kier molecular flexibility index (Phi) is 11.8. The standard InChI is InChI=1S/C44H70O14/c1-22-31(50)35(58-37-34(53)33(52)32(51)26(19-45)56-37)36(55-23(2)48)38(54-22)57-30-12-13-40(5)27(41(30,6)20-46)11-14-42(7)28(40)10-9-24-25-17-39(3,4)15-16-44(25,21-47)29(49)18-43(24,42)8/h9-10,22,26-38,45-47,49-53H,11-21H2,1-8H3/t22-,26-,27-,28-,29-,30+,31+,32-,33+,34-,35+,36-,37+,38+,40+,41+,42-,43-,44-/m1/s1. The molecule has 14 heteroatoms. The van der Waals surface area contributed by atoms with Gasteiger partial charge in [-0.15, -0.1) is 0 Å². The molecule has 0 radical (unpaired) electrons. The van der Waals surface area contributed by atoms with Crippen LogP contribution in [0.15, 0.2) is 23.3 Å². The normalized spacial score (nSPS) is 52.6. The van der Waals surface area contributed by atoms with Crippen LogP contribution in [0.25, 0.3) is 0 Å². The van der Waals surface area contributed by atoms with Gasteiger partial charge in [-0.25, -0.2) is 0 Å². The maximum Gasteiger partial charge on any atom is 0.303 e. The number of aliphatic hydroxyl groups excluding tert-OH is 8. The van der Waals surface area contributed by atoms with E-state index in [0.29, 0.717) is 12.8 Å². The summed E-state index contributed by atoms with van der Waals surface area (Å²) in [6, 6.07) is 0. The van der Waals surface area contributed by atoms with Gasteiger partial charge in [-0.05, 0) is 91.9 Å². The Morgan fingerprint density at radius 3 is 2.16 bits per heavy atom. The minimum Gasteiger partial charge on any atom is -0.454 e. The van der Waals surface area contributed by atoms with Crippen LogP contribution < -0.4 is 0 Å². The van der Waals surface area contributed by atoms with Crippen LogP contribution in [0.5, 0.6) is 0 Å². The molecule has 19 atom stereocenters. The van der Waals surface area contributed by atoms with E-state index in [4.69, 9.17) is 23.7 Å². The number of ether oxygens (including phenoxy) is 5. The molecule has 0 aromatic carbocycles. The molecule has 5 fully saturated rings. The second kappa shape index (κ2) is 15.4. The van der Waals surface area contributed by atoms with E-state index in [-0.39, 0.29) is 46.7 Å². The summed E-state index contributed by atoms with van der Waals surface area (Å²) >= 11 is 0. The molecule has 0 amide bonds. The molecule has 58 heavy (non-hydrogen) atoms. The molecule has 8 N–H and O–H groups in total. The highest BCUT2D eigenvalue weighted by Gasteiger charge is 2.69. The van der Waals surface area contributed by atoms with Crippen LogP contribution in [0.3, 0.4) is 0 Å². The van der Waals surface area contributed by atoms with Crippen LogP contribution in [-0.4, -0.2) is 140 Å². The molecule has 7 rings (SSSR count). The number of aliphatic hydroxyl groups is 8. The van der Waals surface area contributed by atoms with Crippen molar-refractivity contribution in [3.8, 4) is 0 Å². The quantitative estimate of drug-likeness (QED) is 0.130. The summed E-state index contributed by atoms with van der Waals surface area (Å²) in [5.74, 6) is -0.619. The highest BCUT2D eigenvalue weighted by atomic mass is 16.7. The predicted molar refractivity (Wildman–Crippen MR) is 208 cm³/mol. The van der Waals surface area contributed by atoms with Gasteiger partial charge in [0.15, 0.2) is 18.7 Å². The van der Waals surface area contributed by atoms with Gasteiger partial charge in [-0.2, -0.15) is 0 Å². The summed E-state index contributed by atoms with van der Waals surface area (Å²) in [6.07, 6.45) is -4.88. The average molecular weight is 823 g/mol. The van der Waals surface area contributed by atoms with Gasteiger partial charge < -0.3 is 64.5 Å². The van der Waals surface area contributed by atoms with Gasteiger partial charge in [-0.3, -0.25) is 4.79 Å². The lowest BCUT2D eigenvalue weighted by Gasteiger charge is -2.70.